The van der Waals surface area contributed by atoms with Crippen LogP contribution in [-0.2, 0) is 16.1 Å². The van der Waals surface area contributed by atoms with Gasteiger partial charge in [0.05, 0.1) is 5.92 Å². The number of anilines is 1. The van der Waals surface area contributed by atoms with Gasteiger partial charge in [-0.15, -0.1) is 0 Å². The predicted octanol–water partition coefficient (Wildman–Crippen LogP) is 2.45. The van der Waals surface area contributed by atoms with Gasteiger partial charge in [0, 0.05) is 25.7 Å². The number of benzene rings is 2. The van der Waals surface area contributed by atoms with E-state index in [1.54, 1.807) is 30.1 Å². The van der Waals surface area contributed by atoms with Gasteiger partial charge >= 0.3 is 0 Å². The Bertz CT molecular complexity index is 1020. The Morgan fingerprint density at radius 3 is 2.92 bits per heavy atom. The first-order chi connectivity index (χ1) is 12.5. The van der Waals surface area contributed by atoms with Crippen molar-refractivity contribution in [2.24, 2.45) is 0 Å². The third kappa shape index (κ3) is 2.90. The highest BCUT2D eigenvalue weighted by atomic mass is 19.1. The number of nitrogens with zero attached hydrogens (tertiary/aromatic N) is 3. The summed E-state index contributed by atoms with van der Waals surface area (Å²) in [4.78, 5) is 26.4. The fraction of sp³-hybridized carbons (Fsp3) is 0.222. The highest BCUT2D eigenvalue weighted by Crippen LogP contribution is 2.34. The molecule has 0 fully saturated rings. The van der Waals surface area contributed by atoms with Crippen LogP contribution in [0.2, 0.25) is 0 Å². The van der Waals surface area contributed by atoms with Crippen LogP contribution in [0.25, 0.3) is 11.0 Å². The molecule has 0 aliphatic carbocycles. The lowest BCUT2D eigenvalue weighted by molar-refractivity contribution is -0.134. The molecule has 1 aliphatic rings. The molecule has 2 heterocycles. The highest BCUT2D eigenvalue weighted by Gasteiger charge is 2.32. The van der Waals surface area contributed by atoms with Gasteiger partial charge in [-0.25, -0.2) is 9.02 Å². The summed E-state index contributed by atoms with van der Waals surface area (Å²) in [6.07, 6.45) is 0.0358. The molecule has 1 N–H and O–H groups in total. The van der Waals surface area contributed by atoms with E-state index >= 15 is 0 Å². The number of nitrogens with one attached hydrogen (secondary N) is 1. The predicted molar refractivity (Wildman–Crippen MR) is 90.7 cm³/mol. The number of aromatic nitrogens is 2. The first-order valence-electron chi connectivity index (χ1n) is 8.07. The van der Waals surface area contributed by atoms with Crippen LogP contribution in [0.15, 0.2) is 41.0 Å². The van der Waals surface area contributed by atoms with E-state index in [1.165, 1.54) is 12.1 Å². The summed E-state index contributed by atoms with van der Waals surface area (Å²) in [6, 6.07) is 9.49. The second-order valence-electron chi connectivity index (χ2n) is 6.32. The molecule has 1 aliphatic heterocycles. The Labute approximate surface area is 147 Å². The van der Waals surface area contributed by atoms with Gasteiger partial charge in [-0.05, 0) is 45.7 Å². The van der Waals surface area contributed by atoms with E-state index in [0.717, 1.165) is 5.56 Å². The van der Waals surface area contributed by atoms with Gasteiger partial charge in [-0.2, -0.15) is 0 Å². The van der Waals surface area contributed by atoms with E-state index in [0.29, 0.717) is 28.8 Å². The van der Waals surface area contributed by atoms with Gasteiger partial charge < -0.3 is 10.2 Å². The van der Waals surface area contributed by atoms with Gasteiger partial charge in [0.15, 0.2) is 0 Å². The molecule has 0 unspecified atom stereocenters. The number of carbonyl (C=O) groups excluding carboxylic acids is 2. The van der Waals surface area contributed by atoms with Crippen molar-refractivity contribution in [3.63, 3.8) is 0 Å². The number of fused-ring (bicyclic) bond motifs is 2. The summed E-state index contributed by atoms with van der Waals surface area (Å²) in [6.45, 7) is 0.344. The van der Waals surface area contributed by atoms with Crippen molar-refractivity contribution >= 4 is 28.5 Å². The zero-order chi connectivity index (χ0) is 18.3. The van der Waals surface area contributed by atoms with Crippen LogP contribution in [0.4, 0.5) is 10.1 Å². The molecular weight excluding hydrogens is 339 g/mol. The molecule has 8 heteroatoms. The average Bonchev–Trinajstić information content (AvgIpc) is 3.07. The van der Waals surface area contributed by atoms with Crippen molar-refractivity contribution in [3.05, 3.63) is 53.3 Å². The first-order valence-corrected chi connectivity index (χ1v) is 8.07. The quantitative estimate of drug-likeness (QED) is 0.780. The number of likely N-dealkylation sites (N-methyl/N-ethyl adjacent to an activating group) is 1. The summed E-state index contributed by atoms with van der Waals surface area (Å²) in [5.41, 5.74) is 3.09. The summed E-state index contributed by atoms with van der Waals surface area (Å²) in [5, 5.41) is 10.2. The number of hydrogen-bond donors (Lipinski definition) is 1. The average molecular weight is 354 g/mol. The van der Waals surface area contributed by atoms with Crippen molar-refractivity contribution in [1.82, 2.24) is 15.2 Å². The largest absolute Gasteiger partial charge is 0.341 e. The second-order valence-corrected chi connectivity index (χ2v) is 6.32. The molecule has 0 saturated carbocycles. The monoisotopic (exact) mass is 354 g/mol. The van der Waals surface area contributed by atoms with Crippen LogP contribution in [0.5, 0.6) is 0 Å². The molecule has 132 valence electrons. The van der Waals surface area contributed by atoms with Crippen molar-refractivity contribution in [3.8, 4) is 0 Å². The van der Waals surface area contributed by atoms with Crippen molar-refractivity contribution in [2.45, 2.75) is 18.9 Å². The Kier molecular flexibility index (Phi) is 3.87. The highest BCUT2D eigenvalue weighted by molar-refractivity contribution is 6.01. The van der Waals surface area contributed by atoms with Gasteiger partial charge in [-0.1, -0.05) is 12.1 Å². The molecule has 0 bridgehead atoms. The fourth-order valence-electron chi connectivity index (χ4n) is 3.20. The molecule has 3 aromatic rings. The Hall–Kier alpha value is -3.29. The van der Waals surface area contributed by atoms with Crippen molar-refractivity contribution in [2.75, 3.05) is 12.4 Å². The minimum Gasteiger partial charge on any atom is -0.341 e. The molecule has 4 rings (SSSR count). The second kappa shape index (κ2) is 6.21. The van der Waals surface area contributed by atoms with Gasteiger partial charge in [0.2, 0.25) is 11.8 Å². The number of hydrogen-bond acceptors (Lipinski definition) is 5. The molecule has 0 saturated heterocycles. The summed E-state index contributed by atoms with van der Waals surface area (Å²) < 4.78 is 18.1. The minimum atomic E-state index is -0.637. The van der Waals surface area contributed by atoms with Crippen LogP contribution in [0.3, 0.4) is 0 Å². The third-order valence-electron chi connectivity index (χ3n) is 4.47. The maximum absolute atomic E-state index is 13.4. The number of carbonyl (C=O) groups is 2. The van der Waals surface area contributed by atoms with Crippen LogP contribution in [-0.4, -0.2) is 34.1 Å². The molecule has 2 aromatic carbocycles. The van der Waals surface area contributed by atoms with E-state index in [1.807, 2.05) is 6.07 Å². The SMILES string of the molecule is CN(Cc1ccc2nonc2c1)C(=O)[C@@H]1CC(=O)Nc2cc(F)ccc21. The summed E-state index contributed by atoms with van der Waals surface area (Å²) in [7, 11) is 1.67. The zero-order valence-electron chi connectivity index (χ0n) is 13.9. The molecule has 0 radical (unpaired) electrons. The van der Waals surface area contributed by atoms with Gasteiger partial charge in [-0.3, -0.25) is 9.59 Å². The van der Waals surface area contributed by atoms with Crippen molar-refractivity contribution < 1.29 is 18.6 Å². The zero-order valence-corrected chi connectivity index (χ0v) is 13.9. The van der Waals surface area contributed by atoms with E-state index in [9.17, 15) is 14.0 Å². The molecular formula is C18H15FN4O3. The van der Waals surface area contributed by atoms with Crippen molar-refractivity contribution in [1.29, 1.82) is 0 Å². The maximum atomic E-state index is 13.4. The number of halogens is 1. The van der Waals surface area contributed by atoms with Gasteiger partial charge in [0.1, 0.15) is 16.9 Å². The minimum absolute atomic E-state index is 0.0358. The van der Waals surface area contributed by atoms with Gasteiger partial charge in [0.25, 0.3) is 0 Å². The Morgan fingerprint density at radius 1 is 1.27 bits per heavy atom. The Morgan fingerprint density at radius 2 is 2.08 bits per heavy atom. The molecule has 26 heavy (non-hydrogen) atoms. The standard InChI is InChI=1S/C18H15FN4O3/c1-23(9-10-2-5-14-16(6-10)22-26-21-14)18(25)13-8-17(24)20-15-7-11(19)3-4-12(13)15/h2-7,13H,8-9H2,1H3,(H,20,24)/t13-/m1/s1. The van der Waals surface area contributed by atoms with E-state index in [4.69, 9.17) is 0 Å². The number of rotatable bonds is 3. The van der Waals surface area contributed by atoms with Crippen LogP contribution in [0, 0.1) is 5.82 Å². The van der Waals surface area contributed by atoms with E-state index in [-0.39, 0.29) is 18.2 Å². The molecule has 0 spiro atoms. The normalized spacial score (nSPS) is 16.2. The van der Waals surface area contributed by atoms with Crippen LogP contribution in [0.1, 0.15) is 23.5 Å². The third-order valence-corrected chi connectivity index (χ3v) is 4.47. The first kappa shape index (κ1) is 16.2. The smallest absolute Gasteiger partial charge is 0.230 e. The van der Waals surface area contributed by atoms with Crippen LogP contribution >= 0.6 is 0 Å². The summed E-state index contributed by atoms with van der Waals surface area (Å²) in [5.74, 6) is -1.60. The lowest BCUT2D eigenvalue weighted by Gasteiger charge is -2.28. The molecule has 1 aromatic heterocycles. The van der Waals surface area contributed by atoms with E-state index < -0.39 is 11.7 Å². The lowest BCUT2D eigenvalue weighted by atomic mass is 9.89. The fourth-order valence-corrected chi connectivity index (χ4v) is 3.20. The lowest BCUT2D eigenvalue weighted by Crippen LogP contribution is -2.36. The summed E-state index contributed by atoms with van der Waals surface area (Å²) >= 11 is 0. The maximum Gasteiger partial charge on any atom is 0.230 e. The molecule has 2 amide bonds. The Balaban J connectivity index is 1.57. The van der Waals surface area contributed by atoms with Crippen LogP contribution < -0.4 is 5.32 Å². The molecule has 7 nitrogen and oxygen atoms in total. The van der Waals surface area contributed by atoms with E-state index in [2.05, 4.69) is 20.3 Å². The topological polar surface area (TPSA) is 88.3 Å². The molecule has 1 atom stereocenters. The number of amides is 2.